The van der Waals surface area contributed by atoms with Crippen molar-refractivity contribution in [2.24, 2.45) is 5.92 Å². The molecule has 1 aromatic carbocycles. The number of rotatable bonds is 4. The van der Waals surface area contributed by atoms with E-state index in [2.05, 4.69) is 10.6 Å². The van der Waals surface area contributed by atoms with Crippen LogP contribution in [-0.4, -0.2) is 30.6 Å². The van der Waals surface area contributed by atoms with Gasteiger partial charge in [0.15, 0.2) is 6.61 Å². The number of alkyl halides is 3. The highest BCUT2D eigenvalue weighted by atomic mass is 19.4. The lowest BCUT2D eigenvalue weighted by atomic mass is 9.86. The first-order valence-corrected chi connectivity index (χ1v) is 8.61. The van der Waals surface area contributed by atoms with Gasteiger partial charge in [0.05, 0.1) is 11.1 Å². The normalized spacial score (nSPS) is 19.9. The highest BCUT2D eigenvalue weighted by Gasteiger charge is 2.30. The lowest BCUT2D eigenvalue weighted by Crippen LogP contribution is -2.48. The SMILES string of the molecule is C[C@@H]1CCCC[C@@H]1NC(=O)NC(=O)COC(=O)c1ccc(C(F)(F)F)cc1. The summed E-state index contributed by atoms with van der Waals surface area (Å²) in [5.41, 5.74) is -1.03. The summed E-state index contributed by atoms with van der Waals surface area (Å²) in [4.78, 5) is 35.3. The standard InChI is InChI=1S/C18H21F3N2O4/c1-11-4-2-3-5-14(11)22-17(26)23-15(24)10-27-16(25)12-6-8-13(9-7-12)18(19,20)21/h6-9,11,14H,2-5,10H2,1H3,(H2,22,23,24,26)/t11-,14+/m1/s1. The predicted molar refractivity (Wildman–Crippen MR) is 89.8 cm³/mol. The number of hydrogen-bond acceptors (Lipinski definition) is 4. The van der Waals surface area contributed by atoms with E-state index in [-0.39, 0.29) is 11.6 Å². The van der Waals surface area contributed by atoms with Crippen LogP contribution in [0, 0.1) is 5.92 Å². The van der Waals surface area contributed by atoms with E-state index < -0.39 is 36.3 Å². The van der Waals surface area contributed by atoms with Gasteiger partial charge in [0, 0.05) is 6.04 Å². The van der Waals surface area contributed by atoms with Crippen molar-refractivity contribution in [3.63, 3.8) is 0 Å². The average molecular weight is 386 g/mol. The number of imide groups is 1. The topological polar surface area (TPSA) is 84.5 Å². The summed E-state index contributed by atoms with van der Waals surface area (Å²) < 4.78 is 42.2. The third-order valence-electron chi connectivity index (χ3n) is 4.46. The Kier molecular flexibility index (Phi) is 6.81. The molecule has 0 bridgehead atoms. The van der Waals surface area contributed by atoms with E-state index in [9.17, 15) is 27.6 Å². The number of hydrogen-bond donors (Lipinski definition) is 2. The molecule has 0 spiro atoms. The molecule has 1 fully saturated rings. The molecule has 2 rings (SSSR count). The molecule has 0 saturated heterocycles. The molecule has 2 atom stereocenters. The molecule has 0 heterocycles. The number of carbonyl (C=O) groups is 3. The fraction of sp³-hybridized carbons (Fsp3) is 0.500. The van der Waals surface area contributed by atoms with Crippen LogP contribution in [0.5, 0.6) is 0 Å². The third-order valence-corrected chi connectivity index (χ3v) is 4.46. The molecule has 1 aromatic rings. The van der Waals surface area contributed by atoms with Gasteiger partial charge in [-0.05, 0) is 43.0 Å². The Morgan fingerprint density at radius 2 is 1.74 bits per heavy atom. The van der Waals surface area contributed by atoms with Crippen LogP contribution in [0.4, 0.5) is 18.0 Å². The molecule has 0 unspecified atom stereocenters. The van der Waals surface area contributed by atoms with Crippen LogP contribution < -0.4 is 10.6 Å². The second-order valence-corrected chi connectivity index (χ2v) is 6.54. The lowest BCUT2D eigenvalue weighted by Gasteiger charge is -2.29. The second kappa shape index (κ2) is 8.88. The lowest BCUT2D eigenvalue weighted by molar-refractivity contribution is -0.137. The second-order valence-electron chi connectivity index (χ2n) is 6.54. The van der Waals surface area contributed by atoms with Gasteiger partial charge in [0.25, 0.3) is 5.91 Å². The van der Waals surface area contributed by atoms with Gasteiger partial charge in [-0.15, -0.1) is 0 Å². The fourth-order valence-corrected chi connectivity index (χ4v) is 2.91. The number of urea groups is 1. The zero-order valence-corrected chi connectivity index (χ0v) is 14.8. The molecule has 0 radical (unpaired) electrons. The van der Waals surface area contributed by atoms with E-state index in [0.717, 1.165) is 49.9 Å². The Labute approximate surface area is 154 Å². The largest absolute Gasteiger partial charge is 0.452 e. The van der Waals surface area contributed by atoms with Crippen molar-refractivity contribution < 1.29 is 32.3 Å². The van der Waals surface area contributed by atoms with Crippen molar-refractivity contribution >= 4 is 17.9 Å². The quantitative estimate of drug-likeness (QED) is 0.778. The Bertz CT molecular complexity index is 689. The number of esters is 1. The minimum atomic E-state index is -4.51. The number of nitrogens with one attached hydrogen (secondary N) is 2. The number of carbonyl (C=O) groups excluding carboxylic acids is 3. The number of amides is 3. The molecule has 1 aliphatic rings. The van der Waals surface area contributed by atoms with Gasteiger partial charge in [-0.1, -0.05) is 19.8 Å². The van der Waals surface area contributed by atoms with Gasteiger partial charge in [0.2, 0.25) is 0 Å². The molecule has 27 heavy (non-hydrogen) atoms. The average Bonchev–Trinajstić information content (AvgIpc) is 2.61. The molecule has 0 aromatic heterocycles. The van der Waals surface area contributed by atoms with E-state index >= 15 is 0 Å². The van der Waals surface area contributed by atoms with Gasteiger partial charge in [-0.25, -0.2) is 9.59 Å². The van der Waals surface area contributed by atoms with Crippen molar-refractivity contribution in [3.05, 3.63) is 35.4 Å². The molecular weight excluding hydrogens is 365 g/mol. The van der Waals surface area contributed by atoms with Crippen molar-refractivity contribution in [3.8, 4) is 0 Å². The van der Waals surface area contributed by atoms with Crippen LogP contribution in [-0.2, 0) is 15.7 Å². The Morgan fingerprint density at radius 1 is 1.11 bits per heavy atom. The van der Waals surface area contributed by atoms with Crippen LogP contribution in [0.3, 0.4) is 0 Å². The minimum absolute atomic E-state index is 0.0127. The first-order chi connectivity index (χ1) is 12.7. The highest BCUT2D eigenvalue weighted by molar-refractivity contribution is 5.97. The summed E-state index contributed by atoms with van der Waals surface area (Å²) in [6.07, 6.45) is -0.547. The van der Waals surface area contributed by atoms with E-state index in [0.29, 0.717) is 5.92 Å². The van der Waals surface area contributed by atoms with Gasteiger partial charge in [-0.2, -0.15) is 13.2 Å². The number of ether oxygens (including phenoxy) is 1. The van der Waals surface area contributed by atoms with Gasteiger partial charge < -0.3 is 10.1 Å². The molecule has 3 amide bonds. The molecular formula is C18H21F3N2O4. The minimum Gasteiger partial charge on any atom is -0.452 e. The van der Waals surface area contributed by atoms with Crippen molar-refractivity contribution in [2.75, 3.05) is 6.61 Å². The molecule has 148 valence electrons. The zero-order chi connectivity index (χ0) is 20.0. The van der Waals surface area contributed by atoms with Gasteiger partial charge >= 0.3 is 18.2 Å². The maximum Gasteiger partial charge on any atom is 0.416 e. The van der Waals surface area contributed by atoms with Crippen molar-refractivity contribution in [2.45, 2.75) is 44.8 Å². The Hall–Kier alpha value is -2.58. The summed E-state index contributed by atoms with van der Waals surface area (Å²) in [6, 6.07) is 2.73. The van der Waals surface area contributed by atoms with Crippen LogP contribution >= 0.6 is 0 Å². The van der Waals surface area contributed by atoms with Crippen LogP contribution in [0.25, 0.3) is 0 Å². The Morgan fingerprint density at radius 3 is 2.33 bits per heavy atom. The zero-order valence-electron chi connectivity index (χ0n) is 14.8. The van der Waals surface area contributed by atoms with Crippen molar-refractivity contribution in [1.82, 2.24) is 10.6 Å². The maximum atomic E-state index is 12.5. The first-order valence-electron chi connectivity index (χ1n) is 8.61. The molecule has 0 aliphatic heterocycles. The Balaban J connectivity index is 1.77. The number of benzene rings is 1. The molecule has 1 aliphatic carbocycles. The number of halogens is 3. The maximum absolute atomic E-state index is 12.5. The van der Waals surface area contributed by atoms with Crippen LogP contribution in [0.15, 0.2) is 24.3 Å². The summed E-state index contributed by atoms with van der Waals surface area (Å²) in [5.74, 6) is -1.46. The summed E-state index contributed by atoms with van der Waals surface area (Å²) >= 11 is 0. The van der Waals surface area contributed by atoms with Crippen LogP contribution in [0.1, 0.15) is 48.5 Å². The summed E-state index contributed by atoms with van der Waals surface area (Å²) in [7, 11) is 0. The molecule has 1 saturated carbocycles. The van der Waals surface area contributed by atoms with E-state index in [1.807, 2.05) is 6.92 Å². The van der Waals surface area contributed by atoms with Crippen molar-refractivity contribution in [1.29, 1.82) is 0 Å². The third kappa shape index (κ3) is 6.26. The first kappa shape index (κ1) is 20.7. The predicted octanol–water partition coefficient (Wildman–Crippen LogP) is 3.27. The fourth-order valence-electron chi connectivity index (χ4n) is 2.91. The van der Waals surface area contributed by atoms with E-state index in [1.165, 1.54) is 0 Å². The molecule has 2 N–H and O–H groups in total. The van der Waals surface area contributed by atoms with Gasteiger partial charge in [0.1, 0.15) is 0 Å². The smallest absolute Gasteiger partial charge is 0.416 e. The highest BCUT2D eigenvalue weighted by Crippen LogP contribution is 2.29. The van der Waals surface area contributed by atoms with Crippen LogP contribution in [0.2, 0.25) is 0 Å². The summed E-state index contributed by atoms with van der Waals surface area (Å²) in [5, 5.41) is 4.79. The monoisotopic (exact) mass is 386 g/mol. The van der Waals surface area contributed by atoms with E-state index in [1.54, 1.807) is 0 Å². The molecule has 6 nitrogen and oxygen atoms in total. The van der Waals surface area contributed by atoms with E-state index in [4.69, 9.17) is 4.74 Å². The van der Waals surface area contributed by atoms with Gasteiger partial charge in [-0.3, -0.25) is 10.1 Å². The molecule has 9 heteroatoms. The summed E-state index contributed by atoms with van der Waals surface area (Å²) in [6.45, 7) is 1.31.